The first-order valence-corrected chi connectivity index (χ1v) is 11.0. The fourth-order valence-corrected chi connectivity index (χ4v) is 4.48. The Labute approximate surface area is 180 Å². The number of fused-ring (bicyclic) bond motifs is 1. The number of halogens is 1. The van der Waals surface area contributed by atoms with Crippen LogP contribution in [0.2, 0.25) is 5.02 Å². The number of amides is 1. The lowest BCUT2D eigenvalue weighted by Gasteiger charge is -2.31. The molecule has 3 aromatic rings. The first kappa shape index (κ1) is 19.3. The Morgan fingerprint density at radius 3 is 2.73 bits per heavy atom. The quantitative estimate of drug-likeness (QED) is 0.642. The summed E-state index contributed by atoms with van der Waals surface area (Å²) in [5.74, 6) is 2.18. The van der Waals surface area contributed by atoms with Gasteiger partial charge in [-0.3, -0.25) is 4.79 Å². The van der Waals surface area contributed by atoms with Gasteiger partial charge < -0.3 is 9.80 Å². The number of anilines is 1. The van der Waals surface area contributed by atoms with Gasteiger partial charge in [-0.1, -0.05) is 24.1 Å². The van der Waals surface area contributed by atoms with Crippen LogP contribution in [0.25, 0.3) is 16.7 Å². The zero-order valence-electron chi connectivity index (χ0n) is 17.1. The highest BCUT2D eigenvalue weighted by Gasteiger charge is 2.31. The molecule has 0 atom stereocenters. The molecule has 0 bridgehead atoms. The molecule has 0 unspecified atom stereocenters. The Balaban J connectivity index is 1.45. The number of hydrogen-bond donors (Lipinski definition) is 0. The minimum atomic E-state index is 0.250. The normalized spacial score (nSPS) is 17.8. The van der Waals surface area contributed by atoms with Crippen molar-refractivity contribution in [2.24, 2.45) is 5.92 Å². The molecule has 8 heteroatoms. The van der Waals surface area contributed by atoms with Crippen molar-refractivity contribution in [2.75, 3.05) is 31.1 Å². The second-order valence-electron chi connectivity index (χ2n) is 8.16. The van der Waals surface area contributed by atoms with Crippen molar-refractivity contribution < 1.29 is 4.79 Å². The summed E-state index contributed by atoms with van der Waals surface area (Å²) in [6, 6.07) is 7.59. The third-order valence-corrected chi connectivity index (χ3v) is 6.37. The van der Waals surface area contributed by atoms with Crippen LogP contribution in [0.15, 0.2) is 30.5 Å². The third-order valence-electron chi connectivity index (χ3n) is 6.13. The molecular weight excluding hydrogens is 400 g/mol. The smallest absolute Gasteiger partial charge is 0.225 e. The van der Waals surface area contributed by atoms with Gasteiger partial charge in [0.15, 0.2) is 5.65 Å². The van der Waals surface area contributed by atoms with E-state index in [4.69, 9.17) is 16.6 Å². The fourth-order valence-electron chi connectivity index (χ4n) is 4.30. The van der Waals surface area contributed by atoms with Gasteiger partial charge in [-0.15, -0.1) is 0 Å². The van der Waals surface area contributed by atoms with Gasteiger partial charge in [-0.2, -0.15) is 5.10 Å². The molecule has 1 amide bonds. The lowest BCUT2D eigenvalue weighted by atomic mass is 9.84. The molecule has 0 radical (unpaired) electrons. The highest BCUT2D eigenvalue weighted by atomic mass is 35.5. The Bertz CT molecular complexity index is 1090. The van der Waals surface area contributed by atoms with Crippen molar-refractivity contribution in [3.05, 3.63) is 41.3 Å². The standard InChI is InChI=1S/C22H25ClN6O/c1-15-25-20(27-9-4-10-28(12-11-27)22(30)16-5-2-6-16)19-14-24-29(21(19)26-15)18-8-3-7-17(23)13-18/h3,7-8,13-14,16H,2,4-6,9-12H2,1H3. The molecule has 1 aliphatic heterocycles. The topological polar surface area (TPSA) is 67.2 Å². The summed E-state index contributed by atoms with van der Waals surface area (Å²) in [5, 5.41) is 6.15. The molecule has 30 heavy (non-hydrogen) atoms. The largest absolute Gasteiger partial charge is 0.354 e. The lowest BCUT2D eigenvalue weighted by Crippen LogP contribution is -2.41. The van der Waals surface area contributed by atoms with Gasteiger partial charge >= 0.3 is 0 Å². The summed E-state index contributed by atoms with van der Waals surface area (Å²) in [7, 11) is 0. The molecule has 1 saturated heterocycles. The van der Waals surface area contributed by atoms with Gasteiger partial charge in [0.05, 0.1) is 17.3 Å². The third kappa shape index (κ3) is 3.51. The zero-order valence-corrected chi connectivity index (χ0v) is 17.8. The van der Waals surface area contributed by atoms with Gasteiger partial charge in [-0.05, 0) is 44.4 Å². The maximum absolute atomic E-state index is 12.7. The zero-order chi connectivity index (χ0) is 20.7. The second kappa shape index (κ2) is 7.87. The van der Waals surface area contributed by atoms with Gasteiger partial charge in [-0.25, -0.2) is 14.6 Å². The van der Waals surface area contributed by atoms with E-state index >= 15 is 0 Å². The molecule has 2 fully saturated rings. The van der Waals surface area contributed by atoms with Gasteiger partial charge in [0.2, 0.25) is 5.91 Å². The molecule has 156 valence electrons. The molecule has 1 aliphatic carbocycles. The molecule has 2 aromatic heterocycles. The van der Waals surface area contributed by atoms with Crippen molar-refractivity contribution in [1.82, 2.24) is 24.6 Å². The summed E-state index contributed by atoms with van der Waals surface area (Å²) < 4.78 is 1.81. The Morgan fingerprint density at radius 2 is 1.97 bits per heavy atom. The summed E-state index contributed by atoms with van der Waals surface area (Å²) in [5.41, 5.74) is 1.64. The number of aryl methyl sites for hydroxylation is 1. The molecular formula is C22H25ClN6O. The molecule has 5 rings (SSSR count). The van der Waals surface area contributed by atoms with Crippen LogP contribution in [0.1, 0.15) is 31.5 Å². The number of nitrogens with zero attached hydrogens (tertiary/aromatic N) is 6. The predicted molar refractivity (Wildman–Crippen MR) is 117 cm³/mol. The van der Waals surface area contributed by atoms with Crippen LogP contribution < -0.4 is 4.90 Å². The number of carbonyl (C=O) groups is 1. The van der Waals surface area contributed by atoms with Crippen LogP contribution in [0, 0.1) is 12.8 Å². The first-order valence-electron chi connectivity index (χ1n) is 10.6. The maximum Gasteiger partial charge on any atom is 0.225 e. The number of rotatable bonds is 3. The summed E-state index contributed by atoms with van der Waals surface area (Å²) in [6.45, 7) is 5.10. The van der Waals surface area contributed by atoms with E-state index in [0.717, 1.165) is 68.0 Å². The molecule has 0 N–H and O–H groups in total. The van der Waals surface area contributed by atoms with Crippen molar-refractivity contribution >= 4 is 34.4 Å². The van der Waals surface area contributed by atoms with E-state index in [2.05, 4.69) is 15.0 Å². The average molecular weight is 425 g/mol. The van der Waals surface area contributed by atoms with Gasteiger partial charge in [0, 0.05) is 37.1 Å². The number of benzene rings is 1. The molecule has 2 aliphatic rings. The van der Waals surface area contributed by atoms with E-state index < -0.39 is 0 Å². The Morgan fingerprint density at radius 1 is 1.10 bits per heavy atom. The Kier molecular flexibility index (Phi) is 5.06. The maximum atomic E-state index is 12.7. The van der Waals surface area contributed by atoms with E-state index in [-0.39, 0.29) is 5.92 Å². The minimum absolute atomic E-state index is 0.250. The van der Waals surface area contributed by atoms with E-state index in [1.807, 2.05) is 47.0 Å². The van der Waals surface area contributed by atoms with Crippen molar-refractivity contribution in [1.29, 1.82) is 0 Å². The molecule has 1 aromatic carbocycles. The fraction of sp³-hybridized carbons (Fsp3) is 0.455. The van der Waals surface area contributed by atoms with Crippen molar-refractivity contribution in [3.63, 3.8) is 0 Å². The monoisotopic (exact) mass is 424 g/mol. The van der Waals surface area contributed by atoms with Crippen LogP contribution in [0.4, 0.5) is 5.82 Å². The van der Waals surface area contributed by atoms with E-state index in [1.54, 1.807) is 0 Å². The molecule has 3 heterocycles. The van der Waals surface area contributed by atoms with E-state index in [0.29, 0.717) is 16.8 Å². The van der Waals surface area contributed by atoms with Crippen molar-refractivity contribution in [2.45, 2.75) is 32.6 Å². The second-order valence-corrected chi connectivity index (χ2v) is 8.60. The van der Waals surface area contributed by atoms with Gasteiger partial charge in [0.1, 0.15) is 11.6 Å². The number of carbonyl (C=O) groups excluding carboxylic acids is 1. The van der Waals surface area contributed by atoms with Crippen LogP contribution in [0.5, 0.6) is 0 Å². The first-order chi connectivity index (χ1) is 14.6. The van der Waals surface area contributed by atoms with Gasteiger partial charge in [0.25, 0.3) is 0 Å². The minimum Gasteiger partial charge on any atom is -0.354 e. The highest BCUT2D eigenvalue weighted by molar-refractivity contribution is 6.30. The number of hydrogen-bond acceptors (Lipinski definition) is 5. The molecule has 7 nitrogen and oxygen atoms in total. The average Bonchev–Trinajstić information content (AvgIpc) is 2.94. The summed E-state index contributed by atoms with van der Waals surface area (Å²) >= 11 is 6.18. The SMILES string of the molecule is Cc1nc(N2CCCN(C(=O)C3CCC3)CC2)c2cnn(-c3cccc(Cl)c3)c2n1. The lowest BCUT2D eigenvalue weighted by molar-refractivity contribution is -0.137. The van der Waals surface area contributed by atoms with Crippen LogP contribution in [-0.2, 0) is 4.79 Å². The Hall–Kier alpha value is -2.67. The van der Waals surface area contributed by atoms with Crippen LogP contribution >= 0.6 is 11.6 Å². The number of aromatic nitrogens is 4. The molecule has 1 saturated carbocycles. The van der Waals surface area contributed by atoms with Crippen molar-refractivity contribution in [3.8, 4) is 5.69 Å². The highest BCUT2D eigenvalue weighted by Crippen LogP contribution is 2.30. The summed E-state index contributed by atoms with van der Waals surface area (Å²) in [6.07, 6.45) is 6.05. The predicted octanol–water partition coefficient (Wildman–Crippen LogP) is 3.62. The molecule has 0 spiro atoms. The summed E-state index contributed by atoms with van der Waals surface area (Å²) in [4.78, 5) is 26.4. The van der Waals surface area contributed by atoms with Crippen LogP contribution in [-0.4, -0.2) is 56.7 Å². The van der Waals surface area contributed by atoms with E-state index in [9.17, 15) is 4.79 Å². The van der Waals surface area contributed by atoms with E-state index in [1.165, 1.54) is 6.42 Å². The van der Waals surface area contributed by atoms with Crippen LogP contribution in [0.3, 0.4) is 0 Å².